The Bertz CT molecular complexity index is 479. The number of rotatable bonds is 1. The van der Waals surface area contributed by atoms with Gasteiger partial charge in [-0.05, 0) is 35.4 Å². The van der Waals surface area contributed by atoms with Gasteiger partial charge in [-0.2, -0.15) is 0 Å². The topological polar surface area (TPSA) is 46.2 Å². The smallest absolute Gasteiger partial charge is 0.138 e. The van der Waals surface area contributed by atoms with Gasteiger partial charge < -0.3 is 10.8 Å². The third-order valence-corrected chi connectivity index (χ3v) is 2.46. The Morgan fingerprint density at radius 3 is 2.13 bits per heavy atom. The molecule has 0 aliphatic rings. The van der Waals surface area contributed by atoms with E-state index in [-0.39, 0.29) is 5.75 Å². The zero-order valence-electron chi connectivity index (χ0n) is 7.94. The van der Waals surface area contributed by atoms with E-state index >= 15 is 0 Å². The Kier molecular flexibility index (Phi) is 2.52. The fraction of sp³-hybridized carbons (Fsp3) is 0. The van der Waals surface area contributed by atoms with Crippen LogP contribution in [0.15, 0.2) is 42.5 Å². The molecule has 2 rings (SSSR count). The number of halogens is 1. The van der Waals surface area contributed by atoms with Crippen LogP contribution in [0.3, 0.4) is 0 Å². The van der Waals surface area contributed by atoms with Gasteiger partial charge in [0.1, 0.15) is 5.75 Å². The van der Waals surface area contributed by atoms with Crippen molar-refractivity contribution in [2.24, 2.45) is 0 Å². The Balaban J connectivity index is 2.45. The van der Waals surface area contributed by atoms with E-state index in [0.29, 0.717) is 10.7 Å². The molecule has 0 saturated carbocycles. The van der Waals surface area contributed by atoms with Crippen LogP contribution in [0, 0.1) is 0 Å². The Morgan fingerprint density at radius 1 is 0.933 bits per heavy atom. The molecular formula is C12H10ClNO. The number of hydrogen-bond acceptors (Lipinski definition) is 2. The van der Waals surface area contributed by atoms with Crippen molar-refractivity contribution in [1.82, 2.24) is 0 Å². The second kappa shape index (κ2) is 3.83. The Hall–Kier alpha value is -1.67. The summed E-state index contributed by atoms with van der Waals surface area (Å²) in [6.07, 6.45) is 0. The number of aromatic hydroxyl groups is 1. The molecule has 0 radical (unpaired) electrons. The molecule has 76 valence electrons. The first-order valence-electron chi connectivity index (χ1n) is 4.51. The molecule has 0 bridgehead atoms. The van der Waals surface area contributed by atoms with Gasteiger partial charge in [0.05, 0.1) is 5.69 Å². The zero-order chi connectivity index (χ0) is 10.8. The van der Waals surface area contributed by atoms with Gasteiger partial charge in [0, 0.05) is 5.02 Å². The quantitative estimate of drug-likeness (QED) is 0.571. The van der Waals surface area contributed by atoms with E-state index in [2.05, 4.69) is 0 Å². The number of nitrogen functional groups attached to an aromatic ring is 1. The summed E-state index contributed by atoms with van der Waals surface area (Å²) in [6.45, 7) is 0. The summed E-state index contributed by atoms with van der Waals surface area (Å²) in [6, 6.07) is 12.6. The van der Waals surface area contributed by atoms with Gasteiger partial charge in [-0.25, -0.2) is 0 Å². The van der Waals surface area contributed by atoms with Crippen LogP contribution in [0.2, 0.25) is 5.02 Å². The Labute approximate surface area is 92.9 Å². The van der Waals surface area contributed by atoms with Crippen LogP contribution in [0.1, 0.15) is 0 Å². The van der Waals surface area contributed by atoms with Crippen molar-refractivity contribution in [3.05, 3.63) is 47.5 Å². The lowest BCUT2D eigenvalue weighted by Crippen LogP contribution is -1.86. The van der Waals surface area contributed by atoms with E-state index in [1.54, 1.807) is 12.1 Å². The summed E-state index contributed by atoms with van der Waals surface area (Å²) in [5.74, 6) is 0.104. The average Bonchev–Trinajstić information content (AvgIpc) is 2.23. The predicted octanol–water partition coefficient (Wildman–Crippen LogP) is 3.29. The first-order chi connectivity index (χ1) is 7.16. The number of benzene rings is 2. The van der Waals surface area contributed by atoms with Crippen LogP contribution in [-0.4, -0.2) is 5.11 Å². The van der Waals surface area contributed by atoms with Gasteiger partial charge in [0.15, 0.2) is 0 Å². The molecule has 3 heteroatoms. The normalized spacial score (nSPS) is 10.2. The monoisotopic (exact) mass is 219 g/mol. The minimum Gasteiger partial charge on any atom is -0.506 e. The van der Waals surface area contributed by atoms with E-state index in [0.717, 1.165) is 11.1 Å². The molecule has 0 fully saturated rings. The first kappa shape index (κ1) is 9.87. The molecule has 2 aromatic rings. The molecular weight excluding hydrogens is 210 g/mol. The van der Waals surface area contributed by atoms with Crippen molar-refractivity contribution in [2.45, 2.75) is 0 Å². The lowest BCUT2D eigenvalue weighted by molar-refractivity contribution is 0.478. The third-order valence-electron chi connectivity index (χ3n) is 2.21. The predicted molar refractivity (Wildman–Crippen MR) is 63.0 cm³/mol. The van der Waals surface area contributed by atoms with Crippen LogP contribution in [0.4, 0.5) is 5.69 Å². The van der Waals surface area contributed by atoms with Crippen LogP contribution in [0.5, 0.6) is 5.75 Å². The summed E-state index contributed by atoms with van der Waals surface area (Å²) in [5.41, 5.74) is 7.97. The molecule has 15 heavy (non-hydrogen) atoms. The van der Waals surface area contributed by atoms with Crippen molar-refractivity contribution in [1.29, 1.82) is 0 Å². The number of anilines is 1. The van der Waals surface area contributed by atoms with Gasteiger partial charge in [-0.1, -0.05) is 29.8 Å². The van der Waals surface area contributed by atoms with Gasteiger partial charge in [-0.15, -0.1) is 0 Å². The molecule has 0 heterocycles. The molecule has 3 N–H and O–H groups in total. The summed E-state index contributed by atoms with van der Waals surface area (Å²) in [5, 5.41) is 9.99. The number of phenolic OH excluding ortho intramolecular Hbond substituents is 1. The van der Waals surface area contributed by atoms with Gasteiger partial charge in [-0.3, -0.25) is 0 Å². The number of phenols is 1. The maximum atomic E-state index is 9.29. The lowest BCUT2D eigenvalue weighted by Gasteiger charge is -2.04. The second-order valence-corrected chi connectivity index (χ2v) is 3.72. The number of hydrogen-bond donors (Lipinski definition) is 2. The van der Waals surface area contributed by atoms with E-state index in [1.807, 2.05) is 30.3 Å². The fourth-order valence-corrected chi connectivity index (χ4v) is 1.50. The summed E-state index contributed by atoms with van der Waals surface area (Å²) in [7, 11) is 0. The SMILES string of the molecule is Nc1cc(-c2ccc(Cl)cc2)ccc1O. The molecule has 2 aromatic carbocycles. The maximum Gasteiger partial charge on any atom is 0.138 e. The number of nitrogens with two attached hydrogens (primary N) is 1. The zero-order valence-corrected chi connectivity index (χ0v) is 8.70. The molecule has 0 aromatic heterocycles. The van der Waals surface area contributed by atoms with E-state index in [4.69, 9.17) is 17.3 Å². The minimum absolute atomic E-state index is 0.104. The van der Waals surface area contributed by atoms with Gasteiger partial charge in [0.25, 0.3) is 0 Å². The minimum atomic E-state index is 0.104. The highest BCUT2D eigenvalue weighted by molar-refractivity contribution is 6.30. The molecule has 0 aliphatic heterocycles. The van der Waals surface area contributed by atoms with Crippen LogP contribution >= 0.6 is 11.6 Å². The van der Waals surface area contributed by atoms with Crippen molar-refractivity contribution in [2.75, 3.05) is 5.73 Å². The standard InChI is InChI=1S/C12H10ClNO/c13-10-4-1-8(2-5-10)9-3-6-12(15)11(14)7-9/h1-7,15H,14H2. The third kappa shape index (κ3) is 2.05. The molecule has 0 aliphatic carbocycles. The molecule has 0 atom stereocenters. The summed E-state index contributed by atoms with van der Waals surface area (Å²) >= 11 is 5.79. The van der Waals surface area contributed by atoms with E-state index in [9.17, 15) is 5.11 Å². The van der Waals surface area contributed by atoms with E-state index < -0.39 is 0 Å². The van der Waals surface area contributed by atoms with Crippen molar-refractivity contribution >= 4 is 17.3 Å². The van der Waals surface area contributed by atoms with E-state index in [1.165, 1.54) is 0 Å². The lowest BCUT2D eigenvalue weighted by atomic mass is 10.1. The fourth-order valence-electron chi connectivity index (χ4n) is 1.38. The molecule has 0 spiro atoms. The Morgan fingerprint density at radius 2 is 1.53 bits per heavy atom. The molecule has 0 unspecified atom stereocenters. The summed E-state index contributed by atoms with van der Waals surface area (Å²) in [4.78, 5) is 0. The maximum absolute atomic E-state index is 9.29. The van der Waals surface area contributed by atoms with Crippen LogP contribution < -0.4 is 5.73 Å². The first-order valence-corrected chi connectivity index (χ1v) is 4.89. The molecule has 2 nitrogen and oxygen atoms in total. The summed E-state index contributed by atoms with van der Waals surface area (Å²) < 4.78 is 0. The second-order valence-electron chi connectivity index (χ2n) is 3.28. The van der Waals surface area contributed by atoms with Gasteiger partial charge >= 0.3 is 0 Å². The highest BCUT2D eigenvalue weighted by atomic mass is 35.5. The molecule has 0 amide bonds. The van der Waals surface area contributed by atoms with Crippen LogP contribution in [0.25, 0.3) is 11.1 Å². The van der Waals surface area contributed by atoms with Crippen molar-refractivity contribution in [3.8, 4) is 16.9 Å². The highest BCUT2D eigenvalue weighted by Gasteiger charge is 2.01. The largest absolute Gasteiger partial charge is 0.506 e. The van der Waals surface area contributed by atoms with Crippen molar-refractivity contribution in [3.63, 3.8) is 0 Å². The molecule has 0 saturated heterocycles. The van der Waals surface area contributed by atoms with Crippen LogP contribution in [-0.2, 0) is 0 Å². The van der Waals surface area contributed by atoms with Crippen molar-refractivity contribution < 1.29 is 5.11 Å². The average molecular weight is 220 g/mol. The van der Waals surface area contributed by atoms with Gasteiger partial charge in [0.2, 0.25) is 0 Å². The highest BCUT2D eigenvalue weighted by Crippen LogP contribution is 2.28.